The molecular formula is C18H22N2O4. The van der Waals surface area contributed by atoms with Gasteiger partial charge in [0.25, 0.3) is 5.56 Å². The van der Waals surface area contributed by atoms with E-state index < -0.39 is 0 Å². The molecule has 0 saturated carbocycles. The zero-order chi connectivity index (χ0) is 17.5. The molecule has 0 atom stereocenters. The molecule has 128 valence electrons. The Morgan fingerprint density at radius 3 is 2.54 bits per heavy atom. The second-order valence-electron chi connectivity index (χ2n) is 5.40. The Hall–Kier alpha value is -2.76. The van der Waals surface area contributed by atoms with E-state index in [0.717, 1.165) is 17.0 Å². The van der Waals surface area contributed by atoms with Crippen LogP contribution in [0.5, 0.6) is 11.5 Å². The van der Waals surface area contributed by atoms with Crippen molar-refractivity contribution in [1.82, 2.24) is 9.88 Å². The van der Waals surface area contributed by atoms with Gasteiger partial charge in [-0.05, 0) is 30.7 Å². The third kappa shape index (κ3) is 4.62. The largest absolute Gasteiger partial charge is 0.497 e. The molecule has 2 aromatic rings. The molecule has 1 aromatic heterocycles. The first-order chi connectivity index (χ1) is 11.5. The number of amides is 1. The summed E-state index contributed by atoms with van der Waals surface area (Å²) in [7, 11) is 3.12. The van der Waals surface area contributed by atoms with Gasteiger partial charge in [-0.3, -0.25) is 9.59 Å². The van der Waals surface area contributed by atoms with Crippen LogP contribution in [-0.4, -0.2) is 31.2 Å². The van der Waals surface area contributed by atoms with Crippen LogP contribution in [0.4, 0.5) is 0 Å². The molecule has 1 heterocycles. The maximum absolute atomic E-state index is 12.0. The molecule has 1 amide bonds. The maximum Gasteiger partial charge on any atom is 0.254 e. The lowest BCUT2D eigenvalue weighted by molar-refractivity contribution is -0.120. The summed E-state index contributed by atoms with van der Waals surface area (Å²) < 4.78 is 11.8. The number of hydrogen-bond donors (Lipinski definition) is 1. The SMILES string of the molecule is COc1cccc(CC(=O)NCCn2c(C)cc(OC)cc2=O)c1. The second-order valence-corrected chi connectivity index (χ2v) is 5.40. The number of ether oxygens (including phenoxy) is 2. The normalized spacial score (nSPS) is 10.3. The van der Waals surface area contributed by atoms with Crippen molar-refractivity contribution < 1.29 is 14.3 Å². The van der Waals surface area contributed by atoms with E-state index in [4.69, 9.17) is 9.47 Å². The smallest absolute Gasteiger partial charge is 0.254 e. The molecule has 0 saturated heterocycles. The fourth-order valence-corrected chi connectivity index (χ4v) is 2.44. The van der Waals surface area contributed by atoms with Crippen LogP contribution in [0.2, 0.25) is 0 Å². The van der Waals surface area contributed by atoms with Gasteiger partial charge in [0.2, 0.25) is 5.91 Å². The molecule has 0 unspecified atom stereocenters. The lowest BCUT2D eigenvalue weighted by atomic mass is 10.1. The van der Waals surface area contributed by atoms with E-state index in [0.29, 0.717) is 18.8 Å². The zero-order valence-corrected chi connectivity index (χ0v) is 14.2. The fourth-order valence-electron chi connectivity index (χ4n) is 2.44. The summed E-state index contributed by atoms with van der Waals surface area (Å²) in [5.41, 5.74) is 1.53. The van der Waals surface area contributed by atoms with Gasteiger partial charge in [-0.2, -0.15) is 0 Å². The molecule has 0 spiro atoms. The first-order valence-corrected chi connectivity index (χ1v) is 7.68. The van der Waals surface area contributed by atoms with Crippen LogP contribution in [-0.2, 0) is 17.8 Å². The number of carbonyl (C=O) groups is 1. The molecule has 6 heteroatoms. The minimum atomic E-state index is -0.145. The van der Waals surface area contributed by atoms with Crippen LogP contribution in [0.1, 0.15) is 11.3 Å². The highest BCUT2D eigenvalue weighted by atomic mass is 16.5. The Morgan fingerprint density at radius 1 is 1.12 bits per heavy atom. The molecule has 0 aliphatic rings. The number of aromatic nitrogens is 1. The van der Waals surface area contributed by atoms with Gasteiger partial charge in [0.15, 0.2) is 0 Å². The van der Waals surface area contributed by atoms with Gasteiger partial charge in [0.05, 0.1) is 20.6 Å². The third-order valence-electron chi connectivity index (χ3n) is 3.70. The molecule has 6 nitrogen and oxygen atoms in total. The summed E-state index contributed by atoms with van der Waals surface area (Å²) in [6.07, 6.45) is 0.272. The molecule has 1 N–H and O–H groups in total. The fraction of sp³-hybridized carbons (Fsp3) is 0.333. The summed E-state index contributed by atoms with van der Waals surface area (Å²) >= 11 is 0. The molecule has 0 fully saturated rings. The Bertz CT molecular complexity index is 768. The quantitative estimate of drug-likeness (QED) is 0.836. The summed E-state index contributed by atoms with van der Waals surface area (Å²) in [5, 5.41) is 2.83. The second kappa shape index (κ2) is 8.19. The van der Waals surface area contributed by atoms with Gasteiger partial charge in [0.1, 0.15) is 11.5 Å². The first kappa shape index (κ1) is 17.6. The summed E-state index contributed by atoms with van der Waals surface area (Å²) in [6, 6.07) is 10.6. The lowest BCUT2D eigenvalue weighted by Gasteiger charge is -2.12. The van der Waals surface area contributed by atoms with Crippen LogP contribution in [0.15, 0.2) is 41.2 Å². The number of rotatable bonds is 7. The topological polar surface area (TPSA) is 69.6 Å². The van der Waals surface area contributed by atoms with Gasteiger partial charge in [-0.1, -0.05) is 12.1 Å². The van der Waals surface area contributed by atoms with Crippen LogP contribution in [0, 0.1) is 6.92 Å². The van der Waals surface area contributed by atoms with Crippen molar-refractivity contribution in [1.29, 1.82) is 0 Å². The van der Waals surface area contributed by atoms with E-state index in [-0.39, 0.29) is 17.9 Å². The van der Waals surface area contributed by atoms with E-state index in [2.05, 4.69) is 5.32 Å². The molecular weight excluding hydrogens is 308 g/mol. The molecule has 0 radical (unpaired) electrons. The standard InChI is InChI=1S/C18H22N2O4/c1-13-9-16(24-3)12-18(22)20(13)8-7-19-17(21)11-14-5-4-6-15(10-14)23-2/h4-6,9-10,12H,7-8,11H2,1-3H3,(H,19,21). The van der Waals surface area contributed by atoms with Crippen molar-refractivity contribution in [2.24, 2.45) is 0 Å². The van der Waals surface area contributed by atoms with Gasteiger partial charge in [0, 0.05) is 24.8 Å². The van der Waals surface area contributed by atoms with E-state index in [9.17, 15) is 9.59 Å². The minimum Gasteiger partial charge on any atom is -0.497 e. The third-order valence-corrected chi connectivity index (χ3v) is 3.70. The first-order valence-electron chi connectivity index (χ1n) is 7.68. The molecule has 24 heavy (non-hydrogen) atoms. The average Bonchev–Trinajstić information content (AvgIpc) is 2.57. The van der Waals surface area contributed by atoms with Crippen LogP contribution in [0.25, 0.3) is 0 Å². The maximum atomic E-state index is 12.0. The molecule has 0 aliphatic carbocycles. The van der Waals surface area contributed by atoms with Gasteiger partial charge < -0.3 is 19.4 Å². The van der Waals surface area contributed by atoms with Crippen molar-refractivity contribution in [3.63, 3.8) is 0 Å². The number of nitrogens with one attached hydrogen (secondary N) is 1. The van der Waals surface area contributed by atoms with E-state index in [1.54, 1.807) is 17.7 Å². The Morgan fingerprint density at radius 2 is 1.88 bits per heavy atom. The number of nitrogens with zero attached hydrogens (tertiary/aromatic N) is 1. The van der Waals surface area contributed by atoms with Crippen molar-refractivity contribution in [3.8, 4) is 11.5 Å². The Balaban J connectivity index is 1.90. The van der Waals surface area contributed by atoms with Crippen LogP contribution in [0.3, 0.4) is 0 Å². The monoisotopic (exact) mass is 330 g/mol. The van der Waals surface area contributed by atoms with Crippen LogP contribution < -0.4 is 20.3 Å². The van der Waals surface area contributed by atoms with E-state index in [1.165, 1.54) is 13.2 Å². The Kier molecular flexibility index (Phi) is 6.01. The van der Waals surface area contributed by atoms with Crippen molar-refractivity contribution >= 4 is 5.91 Å². The minimum absolute atomic E-state index is 0.0949. The van der Waals surface area contributed by atoms with E-state index in [1.807, 2.05) is 31.2 Å². The van der Waals surface area contributed by atoms with E-state index >= 15 is 0 Å². The Labute approximate surface area is 141 Å². The number of methoxy groups -OCH3 is 2. The molecule has 0 bridgehead atoms. The van der Waals surface area contributed by atoms with Crippen molar-refractivity contribution in [2.75, 3.05) is 20.8 Å². The lowest BCUT2D eigenvalue weighted by Crippen LogP contribution is -2.32. The van der Waals surface area contributed by atoms with Gasteiger partial charge >= 0.3 is 0 Å². The summed E-state index contributed by atoms with van der Waals surface area (Å²) in [5.74, 6) is 1.17. The number of benzene rings is 1. The molecule has 2 rings (SSSR count). The summed E-state index contributed by atoms with van der Waals surface area (Å²) in [4.78, 5) is 24.0. The predicted molar refractivity (Wildman–Crippen MR) is 91.7 cm³/mol. The van der Waals surface area contributed by atoms with Gasteiger partial charge in [-0.15, -0.1) is 0 Å². The highest BCUT2D eigenvalue weighted by Crippen LogP contribution is 2.13. The molecule has 0 aliphatic heterocycles. The summed E-state index contributed by atoms with van der Waals surface area (Å²) in [6.45, 7) is 2.64. The zero-order valence-electron chi connectivity index (χ0n) is 14.2. The highest BCUT2D eigenvalue weighted by molar-refractivity contribution is 5.78. The number of aryl methyl sites for hydroxylation is 1. The average molecular weight is 330 g/mol. The number of carbonyl (C=O) groups excluding carboxylic acids is 1. The number of hydrogen-bond acceptors (Lipinski definition) is 4. The number of pyridine rings is 1. The highest BCUT2D eigenvalue weighted by Gasteiger charge is 2.06. The predicted octanol–water partition coefficient (Wildman–Crippen LogP) is 1.53. The molecule has 1 aromatic carbocycles. The van der Waals surface area contributed by atoms with Crippen LogP contribution >= 0.6 is 0 Å². The van der Waals surface area contributed by atoms with Crippen molar-refractivity contribution in [2.45, 2.75) is 19.9 Å². The van der Waals surface area contributed by atoms with Gasteiger partial charge in [-0.25, -0.2) is 0 Å². The van der Waals surface area contributed by atoms with Crippen molar-refractivity contribution in [3.05, 3.63) is 58.0 Å².